The number of esters is 1. The lowest BCUT2D eigenvalue weighted by Gasteiger charge is -2.15. The Morgan fingerprint density at radius 1 is 1.41 bits per heavy atom. The van der Waals surface area contributed by atoms with Crippen molar-refractivity contribution in [2.24, 2.45) is 11.0 Å². The van der Waals surface area contributed by atoms with E-state index in [2.05, 4.69) is 26.5 Å². The molecule has 7 nitrogen and oxygen atoms in total. The third-order valence-corrected chi connectivity index (χ3v) is 3.97. The van der Waals surface area contributed by atoms with E-state index in [0.717, 1.165) is 9.37 Å². The van der Waals surface area contributed by atoms with Crippen LogP contribution in [0.25, 0.3) is 0 Å². The molecule has 1 aromatic carbocycles. The maximum absolute atomic E-state index is 12.6. The molecule has 1 fully saturated rings. The highest BCUT2D eigenvalue weighted by Crippen LogP contribution is 2.31. The van der Waals surface area contributed by atoms with Gasteiger partial charge in [0.2, 0.25) is 5.91 Å². The average molecular weight is 366 g/mol. The second kappa shape index (κ2) is 5.53. The molecular weight excluding hydrogens is 354 g/mol. The molecule has 8 heteroatoms. The van der Waals surface area contributed by atoms with E-state index in [4.69, 9.17) is 4.74 Å². The Labute approximate surface area is 134 Å². The van der Waals surface area contributed by atoms with Gasteiger partial charge in [0.15, 0.2) is 5.71 Å². The molecule has 0 radical (unpaired) electrons. The van der Waals surface area contributed by atoms with Crippen LogP contribution >= 0.6 is 15.9 Å². The zero-order valence-electron chi connectivity index (χ0n) is 11.6. The van der Waals surface area contributed by atoms with Crippen LogP contribution in [-0.4, -0.2) is 36.1 Å². The predicted molar refractivity (Wildman–Crippen MR) is 81.1 cm³/mol. The first-order valence-electron chi connectivity index (χ1n) is 6.68. The van der Waals surface area contributed by atoms with E-state index in [0.29, 0.717) is 5.69 Å². The molecule has 2 aliphatic rings. The van der Waals surface area contributed by atoms with Crippen molar-refractivity contribution < 1.29 is 19.1 Å². The summed E-state index contributed by atoms with van der Waals surface area (Å²) >= 11 is 3.30. The van der Waals surface area contributed by atoms with Crippen LogP contribution in [0.15, 0.2) is 33.8 Å². The third-order valence-electron chi connectivity index (χ3n) is 3.48. The molecule has 1 saturated heterocycles. The van der Waals surface area contributed by atoms with Gasteiger partial charge in [-0.2, -0.15) is 5.10 Å². The number of benzene rings is 1. The Morgan fingerprint density at radius 3 is 2.86 bits per heavy atom. The van der Waals surface area contributed by atoms with Crippen LogP contribution in [0.5, 0.6) is 0 Å². The van der Waals surface area contributed by atoms with E-state index < -0.39 is 29.7 Å². The molecule has 0 aliphatic carbocycles. The fraction of sp³-hybridized carbons (Fsp3) is 0.286. The van der Waals surface area contributed by atoms with Crippen LogP contribution in [0.4, 0.5) is 5.69 Å². The van der Waals surface area contributed by atoms with E-state index in [1.165, 1.54) is 0 Å². The second-order valence-electron chi connectivity index (χ2n) is 4.79. The molecule has 22 heavy (non-hydrogen) atoms. The predicted octanol–water partition coefficient (Wildman–Crippen LogP) is 0.829. The Kier molecular flexibility index (Phi) is 3.69. The summed E-state index contributed by atoms with van der Waals surface area (Å²) in [6.45, 7) is 1.83. The lowest BCUT2D eigenvalue weighted by molar-refractivity contribution is -0.136. The summed E-state index contributed by atoms with van der Waals surface area (Å²) in [5.74, 6) is -2.54. The number of carbonyl (C=O) groups excluding carboxylic acids is 3. The number of hydrazone groups is 1. The molecule has 2 aliphatic heterocycles. The van der Waals surface area contributed by atoms with Crippen LogP contribution in [-0.2, 0) is 19.1 Å². The molecule has 0 aromatic heterocycles. The van der Waals surface area contributed by atoms with E-state index in [9.17, 15) is 14.4 Å². The van der Waals surface area contributed by atoms with Crippen molar-refractivity contribution in [3.8, 4) is 0 Å². The molecule has 2 heterocycles. The number of hydrogen-bond donors (Lipinski definition) is 1. The number of ether oxygens (including phenoxy) is 1. The summed E-state index contributed by atoms with van der Waals surface area (Å²) in [6.07, 6.45) is 0. The minimum absolute atomic E-state index is 0.0531. The lowest BCUT2D eigenvalue weighted by atomic mass is 9.99. The average Bonchev–Trinajstić information content (AvgIpc) is 3.01. The summed E-state index contributed by atoms with van der Waals surface area (Å²) in [5, 5.41) is 3.80. The SMILES string of the molecule is CCOC(=O)C1=NNC2C(=O)N(c3cccc(Br)c3)C(=O)C12. The normalized spacial score (nSPS) is 23.2. The van der Waals surface area contributed by atoms with Gasteiger partial charge in [0.1, 0.15) is 12.0 Å². The van der Waals surface area contributed by atoms with Gasteiger partial charge in [0.05, 0.1) is 12.3 Å². The smallest absolute Gasteiger partial charge is 0.355 e. The Morgan fingerprint density at radius 2 is 2.18 bits per heavy atom. The summed E-state index contributed by atoms with van der Waals surface area (Å²) in [6, 6.07) is 5.98. The Balaban J connectivity index is 1.93. The van der Waals surface area contributed by atoms with Gasteiger partial charge in [0.25, 0.3) is 5.91 Å². The highest BCUT2D eigenvalue weighted by molar-refractivity contribution is 9.10. The number of amides is 2. The molecule has 1 aromatic rings. The standard InChI is InChI=1S/C14H12BrN3O4/c1-2-22-14(21)11-9-10(16-17-11)13(20)18(12(9)19)8-5-3-4-7(15)6-8/h3-6,9-10,16H,2H2,1H3. The molecule has 3 rings (SSSR count). The molecule has 2 atom stereocenters. The van der Waals surface area contributed by atoms with Crippen LogP contribution < -0.4 is 10.3 Å². The number of nitrogens with one attached hydrogen (secondary N) is 1. The second-order valence-corrected chi connectivity index (χ2v) is 5.71. The molecule has 0 saturated carbocycles. The quantitative estimate of drug-likeness (QED) is 0.633. The van der Waals surface area contributed by atoms with Crippen molar-refractivity contribution in [2.45, 2.75) is 13.0 Å². The van der Waals surface area contributed by atoms with Gasteiger partial charge in [-0.25, -0.2) is 9.69 Å². The van der Waals surface area contributed by atoms with Gasteiger partial charge in [-0.1, -0.05) is 22.0 Å². The van der Waals surface area contributed by atoms with Crippen molar-refractivity contribution in [1.29, 1.82) is 0 Å². The van der Waals surface area contributed by atoms with E-state index in [1.807, 2.05) is 0 Å². The first-order valence-corrected chi connectivity index (χ1v) is 7.47. The number of halogens is 1. The number of fused-ring (bicyclic) bond motifs is 1. The number of nitrogens with zero attached hydrogens (tertiary/aromatic N) is 2. The molecule has 1 N–H and O–H groups in total. The number of hydrogen-bond acceptors (Lipinski definition) is 6. The van der Waals surface area contributed by atoms with E-state index in [1.54, 1.807) is 31.2 Å². The Bertz CT molecular complexity index is 703. The topological polar surface area (TPSA) is 88.1 Å². The van der Waals surface area contributed by atoms with Crippen molar-refractivity contribution in [3.63, 3.8) is 0 Å². The van der Waals surface area contributed by atoms with Gasteiger partial charge in [-0.3, -0.25) is 15.0 Å². The molecule has 0 bridgehead atoms. The summed E-state index contributed by atoms with van der Waals surface area (Å²) < 4.78 is 5.62. The summed E-state index contributed by atoms with van der Waals surface area (Å²) in [5.41, 5.74) is 2.96. The van der Waals surface area contributed by atoms with Crippen molar-refractivity contribution in [1.82, 2.24) is 5.43 Å². The maximum Gasteiger partial charge on any atom is 0.355 e. The largest absolute Gasteiger partial charge is 0.461 e. The molecule has 114 valence electrons. The van der Waals surface area contributed by atoms with E-state index >= 15 is 0 Å². The fourth-order valence-corrected chi connectivity index (χ4v) is 2.92. The minimum Gasteiger partial charge on any atom is -0.461 e. The lowest BCUT2D eigenvalue weighted by Crippen LogP contribution is -2.36. The van der Waals surface area contributed by atoms with Crippen molar-refractivity contribution in [2.75, 3.05) is 11.5 Å². The van der Waals surface area contributed by atoms with Gasteiger partial charge in [0, 0.05) is 4.47 Å². The van der Waals surface area contributed by atoms with Crippen molar-refractivity contribution >= 4 is 45.1 Å². The maximum atomic E-state index is 12.6. The van der Waals surface area contributed by atoms with Gasteiger partial charge in [-0.15, -0.1) is 0 Å². The van der Waals surface area contributed by atoms with Gasteiger partial charge >= 0.3 is 5.97 Å². The van der Waals surface area contributed by atoms with Gasteiger partial charge in [-0.05, 0) is 25.1 Å². The van der Waals surface area contributed by atoms with Crippen LogP contribution in [0, 0.1) is 5.92 Å². The van der Waals surface area contributed by atoms with Crippen LogP contribution in [0.3, 0.4) is 0 Å². The third kappa shape index (κ3) is 2.19. The molecule has 2 unspecified atom stereocenters. The highest BCUT2D eigenvalue weighted by Gasteiger charge is 2.55. The number of carbonyl (C=O) groups is 3. The molecule has 2 amide bonds. The number of anilines is 1. The zero-order valence-corrected chi connectivity index (χ0v) is 13.2. The van der Waals surface area contributed by atoms with Crippen molar-refractivity contribution in [3.05, 3.63) is 28.7 Å². The number of imide groups is 1. The molecule has 0 spiro atoms. The van der Waals surface area contributed by atoms with E-state index in [-0.39, 0.29) is 12.3 Å². The minimum atomic E-state index is -0.939. The fourth-order valence-electron chi connectivity index (χ4n) is 2.53. The highest BCUT2D eigenvalue weighted by atomic mass is 79.9. The molecular formula is C14H12BrN3O4. The zero-order chi connectivity index (χ0) is 15.9. The van der Waals surface area contributed by atoms with Crippen LogP contribution in [0.1, 0.15) is 6.92 Å². The first kappa shape index (κ1) is 14.7. The Hall–Kier alpha value is -2.22. The number of rotatable bonds is 3. The monoisotopic (exact) mass is 365 g/mol. The first-order chi connectivity index (χ1) is 10.5. The summed E-state index contributed by atoms with van der Waals surface area (Å²) in [4.78, 5) is 38.0. The van der Waals surface area contributed by atoms with Gasteiger partial charge < -0.3 is 4.74 Å². The summed E-state index contributed by atoms with van der Waals surface area (Å²) in [7, 11) is 0. The van der Waals surface area contributed by atoms with Crippen LogP contribution in [0.2, 0.25) is 0 Å².